The van der Waals surface area contributed by atoms with E-state index in [1.807, 2.05) is 31.2 Å². The number of fused-ring (bicyclic) bond motifs is 1. The highest BCUT2D eigenvalue weighted by molar-refractivity contribution is 6.16. The highest BCUT2D eigenvalue weighted by atomic mass is 16.6. The van der Waals surface area contributed by atoms with Gasteiger partial charge < -0.3 is 14.3 Å². The molecular formula is C24H27NO4. The molecule has 0 atom stereocenters. The van der Waals surface area contributed by atoms with Crippen molar-refractivity contribution in [3.8, 4) is 0 Å². The van der Waals surface area contributed by atoms with Gasteiger partial charge in [-0.25, -0.2) is 4.79 Å². The Labute approximate surface area is 172 Å². The molecule has 0 aliphatic heterocycles. The Bertz CT molecular complexity index is 930. The fourth-order valence-corrected chi connectivity index (χ4v) is 3.57. The molecule has 0 saturated heterocycles. The Morgan fingerprint density at radius 1 is 1.07 bits per heavy atom. The SMILES string of the molecule is CO/C=C(/C(=O)OC)c1ccccc1CO/N=C(\C)c1ccc2c(c1)CCCC2. The number of carbonyl (C=O) groups excluding carboxylic acids is 1. The van der Waals surface area contributed by atoms with Gasteiger partial charge in [0.05, 0.1) is 26.2 Å². The zero-order chi connectivity index (χ0) is 20.6. The maximum atomic E-state index is 12.1. The Morgan fingerprint density at radius 2 is 1.83 bits per heavy atom. The topological polar surface area (TPSA) is 57.1 Å². The molecule has 1 aliphatic rings. The maximum absolute atomic E-state index is 12.1. The standard InChI is InChI=1S/C24H27NO4/c1-17(19-13-12-18-8-4-5-9-20(18)14-19)25-29-15-21-10-6-7-11-22(21)23(16-27-2)24(26)28-3/h6-7,10-14,16H,4-5,8-9,15H2,1-3H3/b23-16+,25-17+. The van der Waals surface area contributed by atoms with E-state index in [0.717, 1.165) is 29.7 Å². The molecule has 0 fully saturated rings. The number of carbonyl (C=O) groups is 1. The van der Waals surface area contributed by atoms with Crippen molar-refractivity contribution >= 4 is 17.3 Å². The summed E-state index contributed by atoms with van der Waals surface area (Å²) in [5.74, 6) is -0.465. The van der Waals surface area contributed by atoms with E-state index in [1.54, 1.807) is 0 Å². The van der Waals surface area contributed by atoms with E-state index in [0.29, 0.717) is 11.1 Å². The van der Waals surface area contributed by atoms with Crippen LogP contribution in [0.25, 0.3) is 5.57 Å². The van der Waals surface area contributed by atoms with Crippen LogP contribution in [0.1, 0.15) is 47.6 Å². The molecule has 0 N–H and O–H groups in total. The van der Waals surface area contributed by atoms with Gasteiger partial charge in [-0.3, -0.25) is 0 Å². The van der Waals surface area contributed by atoms with Crippen molar-refractivity contribution in [2.24, 2.45) is 5.16 Å². The summed E-state index contributed by atoms with van der Waals surface area (Å²) in [7, 11) is 2.84. The maximum Gasteiger partial charge on any atom is 0.341 e. The van der Waals surface area contributed by atoms with E-state index < -0.39 is 5.97 Å². The second kappa shape index (κ2) is 9.92. The predicted molar refractivity (Wildman–Crippen MR) is 114 cm³/mol. The second-order valence-corrected chi connectivity index (χ2v) is 7.06. The van der Waals surface area contributed by atoms with E-state index in [1.165, 1.54) is 44.5 Å². The quantitative estimate of drug-likeness (QED) is 0.226. The van der Waals surface area contributed by atoms with Gasteiger partial charge in [0.2, 0.25) is 0 Å². The number of rotatable bonds is 7. The fraction of sp³-hybridized carbons (Fsp3) is 0.333. The Morgan fingerprint density at radius 3 is 2.59 bits per heavy atom. The van der Waals surface area contributed by atoms with Crippen LogP contribution >= 0.6 is 0 Å². The van der Waals surface area contributed by atoms with Gasteiger partial charge in [0.25, 0.3) is 0 Å². The normalized spacial score (nSPS) is 14.2. The lowest BCUT2D eigenvalue weighted by molar-refractivity contribution is -0.133. The third-order valence-electron chi connectivity index (χ3n) is 5.14. The molecule has 2 aromatic carbocycles. The molecule has 0 amide bonds. The van der Waals surface area contributed by atoms with Crippen molar-refractivity contribution in [3.05, 3.63) is 76.5 Å². The number of benzene rings is 2. The van der Waals surface area contributed by atoms with Crippen molar-refractivity contribution < 1.29 is 19.1 Å². The van der Waals surface area contributed by atoms with Gasteiger partial charge in [0, 0.05) is 5.56 Å². The number of oxime groups is 1. The lowest BCUT2D eigenvalue weighted by Gasteiger charge is -2.16. The first-order valence-electron chi connectivity index (χ1n) is 9.82. The second-order valence-electron chi connectivity index (χ2n) is 7.06. The zero-order valence-electron chi connectivity index (χ0n) is 17.2. The molecule has 1 aliphatic carbocycles. The lowest BCUT2D eigenvalue weighted by atomic mass is 9.90. The van der Waals surface area contributed by atoms with Crippen molar-refractivity contribution in [2.45, 2.75) is 39.2 Å². The molecule has 0 unspecified atom stereocenters. The summed E-state index contributed by atoms with van der Waals surface area (Å²) in [6.45, 7) is 2.18. The molecule has 29 heavy (non-hydrogen) atoms. The molecule has 0 heterocycles. The van der Waals surface area contributed by atoms with Crippen molar-refractivity contribution in [1.82, 2.24) is 0 Å². The van der Waals surface area contributed by atoms with E-state index in [2.05, 4.69) is 23.4 Å². The lowest BCUT2D eigenvalue weighted by Crippen LogP contribution is -2.07. The van der Waals surface area contributed by atoms with Gasteiger partial charge in [-0.1, -0.05) is 41.6 Å². The van der Waals surface area contributed by atoms with Crippen LogP contribution in [0, 0.1) is 0 Å². The Kier molecular flexibility index (Phi) is 7.06. The van der Waals surface area contributed by atoms with E-state index in [9.17, 15) is 4.79 Å². The van der Waals surface area contributed by atoms with E-state index in [-0.39, 0.29) is 6.61 Å². The highest BCUT2D eigenvalue weighted by Crippen LogP contribution is 2.24. The average Bonchev–Trinajstić information content (AvgIpc) is 2.77. The molecule has 3 rings (SSSR count). The number of ether oxygens (including phenoxy) is 2. The van der Waals surface area contributed by atoms with Gasteiger partial charge >= 0.3 is 5.97 Å². The molecular weight excluding hydrogens is 366 g/mol. The average molecular weight is 393 g/mol. The van der Waals surface area contributed by atoms with Crippen molar-refractivity contribution in [3.63, 3.8) is 0 Å². The molecule has 5 heteroatoms. The summed E-state index contributed by atoms with van der Waals surface area (Å²) < 4.78 is 9.92. The molecule has 152 valence electrons. The summed E-state index contributed by atoms with van der Waals surface area (Å²) in [6, 6.07) is 14.0. The van der Waals surface area contributed by atoms with E-state index >= 15 is 0 Å². The largest absolute Gasteiger partial charge is 0.503 e. The molecule has 5 nitrogen and oxygen atoms in total. The zero-order valence-corrected chi connectivity index (χ0v) is 17.2. The van der Waals surface area contributed by atoms with Crippen LogP contribution in [0.2, 0.25) is 0 Å². The number of aryl methyl sites for hydroxylation is 2. The minimum absolute atomic E-state index is 0.233. The van der Waals surface area contributed by atoms with Gasteiger partial charge in [0.1, 0.15) is 12.2 Å². The first kappa shape index (κ1) is 20.6. The molecule has 0 spiro atoms. The van der Waals surface area contributed by atoms with Gasteiger partial charge in [-0.2, -0.15) is 0 Å². The van der Waals surface area contributed by atoms with Crippen LogP contribution in [0.4, 0.5) is 0 Å². The first-order chi connectivity index (χ1) is 14.1. The number of nitrogens with zero attached hydrogens (tertiary/aromatic N) is 1. The van der Waals surface area contributed by atoms with Crippen LogP contribution in [0.15, 0.2) is 53.9 Å². The van der Waals surface area contributed by atoms with Crippen LogP contribution in [-0.4, -0.2) is 25.9 Å². The molecule has 0 saturated carbocycles. The van der Waals surface area contributed by atoms with Crippen LogP contribution < -0.4 is 0 Å². The molecule has 2 aromatic rings. The van der Waals surface area contributed by atoms with Gasteiger partial charge in [-0.15, -0.1) is 0 Å². The summed E-state index contributed by atoms with van der Waals surface area (Å²) in [4.78, 5) is 17.7. The summed E-state index contributed by atoms with van der Waals surface area (Å²) in [6.07, 6.45) is 6.19. The number of hydrogen-bond acceptors (Lipinski definition) is 5. The van der Waals surface area contributed by atoms with Crippen LogP contribution in [0.3, 0.4) is 0 Å². The van der Waals surface area contributed by atoms with Gasteiger partial charge in [0.15, 0.2) is 0 Å². The number of hydrogen-bond donors (Lipinski definition) is 0. The van der Waals surface area contributed by atoms with Crippen LogP contribution in [0.5, 0.6) is 0 Å². The number of methoxy groups -OCH3 is 2. The smallest absolute Gasteiger partial charge is 0.341 e. The van der Waals surface area contributed by atoms with Gasteiger partial charge in [-0.05, 0) is 60.9 Å². The monoisotopic (exact) mass is 393 g/mol. The highest BCUT2D eigenvalue weighted by Gasteiger charge is 2.17. The third kappa shape index (κ3) is 5.05. The summed E-state index contributed by atoms with van der Waals surface area (Å²) in [5.41, 5.74) is 6.63. The Balaban J connectivity index is 1.75. The predicted octanol–water partition coefficient (Wildman–Crippen LogP) is 4.67. The molecule has 0 radical (unpaired) electrons. The summed E-state index contributed by atoms with van der Waals surface area (Å²) in [5, 5.41) is 4.30. The third-order valence-corrected chi connectivity index (χ3v) is 5.14. The van der Waals surface area contributed by atoms with Crippen molar-refractivity contribution in [1.29, 1.82) is 0 Å². The Hall–Kier alpha value is -3.08. The first-order valence-corrected chi connectivity index (χ1v) is 9.82. The number of esters is 1. The van der Waals surface area contributed by atoms with Crippen molar-refractivity contribution in [2.75, 3.05) is 14.2 Å². The minimum atomic E-state index is -0.465. The summed E-state index contributed by atoms with van der Waals surface area (Å²) >= 11 is 0. The molecule has 0 aromatic heterocycles. The minimum Gasteiger partial charge on any atom is -0.503 e. The van der Waals surface area contributed by atoms with E-state index in [4.69, 9.17) is 14.3 Å². The molecule has 0 bridgehead atoms. The van der Waals surface area contributed by atoms with Crippen LogP contribution in [-0.2, 0) is 38.6 Å². The fourth-order valence-electron chi connectivity index (χ4n) is 3.57.